The number of esters is 1. The maximum absolute atomic E-state index is 13.0. The lowest BCUT2D eigenvalue weighted by Crippen LogP contribution is -2.60. The van der Waals surface area contributed by atoms with Crippen LogP contribution >= 0.6 is 0 Å². The standard InChI is InChI=1S/C30H42N4O13/c1-15(2)7-8-33-13-44-21-11-17(10-20(42-4)23(21)35)28(41)43-12-22-24(36)25(37)26(38)29(47-22)46-18-6-5-16(27(39)40)9-19(18)45-14-34-30(31)32-3/h5-6,9-11,15,22,24-26,29,33,35-38H,7-8,12-14H2,1-4H3,(H,39,40)(H3,31,32,34)/t22-,24-,25+,26-,29-/m1/s1. The van der Waals surface area contributed by atoms with Crippen molar-refractivity contribution in [2.45, 2.75) is 51.0 Å². The molecule has 0 spiro atoms. The number of rotatable bonds is 16. The van der Waals surface area contributed by atoms with E-state index in [1.807, 2.05) is 0 Å². The fourth-order valence-electron chi connectivity index (χ4n) is 4.19. The number of aliphatic hydroxyl groups is 3. The first-order valence-electron chi connectivity index (χ1n) is 14.6. The lowest BCUT2D eigenvalue weighted by atomic mass is 9.99. The van der Waals surface area contributed by atoms with E-state index in [2.05, 4.69) is 29.5 Å². The Labute approximate surface area is 270 Å². The number of hydrogen-bond acceptors (Lipinski definition) is 14. The lowest BCUT2D eigenvalue weighted by Gasteiger charge is -2.40. The Bertz CT molecular complexity index is 1390. The molecule has 0 radical (unpaired) electrons. The van der Waals surface area contributed by atoms with E-state index in [4.69, 9.17) is 34.2 Å². The molecule has 1 heterocycles. The van der Waals surface area contributed by atoms with Crippen LogP contribution in [0, 0.1) is 5.92 Å². The molecule has 0 aromatic heterocycles. The zero-order valence-electron chi connectivity index (χ0n) is 26.4. The predicted molar refractivity (Wildman–Crippen MR) is 165 cm³/mol. The number of nitrogens with zero attached hydrogens (tertiary/aromatic N) is 1. The third-order valence-corrected chi connectivity index (χ3v) is 6.93. The molecule has 1 aliphatic heterocycles. The normalized spacial score (nSPS) is 21.2. The number of guanidine groups is 1. The second-order valence-electron chi connectivity index (χ2n) is 10.8. The van der Waals surface area contributed by atoms with Crippen LogP contribution in [0.25, 0.3) is 0 Å². The van der Waals surface area contributed by atoms with Crippen molar-refractivity contribution in [1.29, 1.82) is 0 Å². The Morgan fingerprint density at radius 1 is 0.979 bits per heavy atom. The van der Waals surface area contributed by atoms with Gasteiger partial charge in [0.15, 0.2) is 35.7 Å². The molecule has 1 aliphatic rings. The summed E-state index contributed by atoms with van der Waals surface area (Å²) in [6.07, 6.45) is -7.37. The first-order valence-corrected chi connectivity index (χ1v) is 14.6. The molecular weight excluding hydrogens is 624 g/mol. The number of ether oxygens (including phenoxy) is 6. The van der Waals surface area contributed by atoms with Gasteiger partial charge in [-0.05, 0) is 49.2 Å². The van der Waals surface area contributed by atoms with E-state index in [0.717, 1.165) is 12.5 Å². The maximum atomic E-state index is 13.0. The van der Waals surface area contributed by atoms with Gasteiger partial charge in [-0.1, -0.05) is 13.8 Å². The van der Waals surface area contributed by atoms with Crippen LogP contribution in [-0.4, -0.2) is 115 Å². The van der Waals surface area contributed by atoms with Gasteiger partial charge in [-0.3, -0.25) is 10.3 Å². The highest BCUT2D eigenvalue weighted by atomic mass is 16.7. The molecule has 2 aromatic rings. The first-order chi connectivity index (χ1) is 22.4. The van der Waals surface area contributed by atoms with Crippen molar-refractivity contribution in [2.75, 3.05) is 40.8 Å². The number of carbonyl (C=O) groups excluding carboxylic acids is 1. The van der Waals surface area contributed by atoms with Gasteiger partial charge in [0.25, 0.3) is 0 Å². The minimum absolute atomic E-state index is 0.0406. The number of nitrogens with two attached hydrogens (primary N) is 1. The van der Waals surface area contributed by atoms with Crippen LogP contribution in [0.1, 0.15) is 41.0 Å². The number of carboxylic acid groups (broad SMARTS) is 1. The Hall–Kier alpha value is -4.55. The lowest BCUT2D eigenvalue weighted by molar-refractivity contribution is -0.277. The molecule has 17 heteroatoms. The minimum atomic E-state index is -1.79. The highest BCUT2D eigenvalue weighted by Crippen LogP contribution is 2.38. The summed E-state index contributed by atoms with van der Waals surface area (Å²) in [5.41, 5.74) is 5.39. The Kier molecular flexibility index (Phi) is 13.7. The summed E-state index contributed by atoms with van der Waals surface area (Å²) in [4.78, 5) is 28.2. The molecule has 0 bridgehead atoms. The Balaban J connectivity index is 1.71. The third-order valence-electron chi connectivity index (χ3n) is 6.93. The fraction of sp³-hybridized carbons (Fsp3) is 0.500. The number of carboxylic acids is 1. The van der Waals surface area contributed by atoms with Crippen LogP contribution in [0.2, 0.25) is 0 Å². The molecule has 5 atom stereocenters. The van der Waals surface area contributed by atoms with E-state index in [1.54, 1.807) is 0 Å². The molecule has 9 N–H and O–H groups in total. The van der Waals surface area contributed by atoms with Gasteiger partial charge in [0.2, 0.25) is 12.0 Å². The van der Waals surface area contributed by atoms with E-state index in [0.29, 0.717) is 12.5 Å². The zero-order chi connectivity index (χ0) is 34.7. The van der Waals surface area contributed by atoms with Crippen LogP contribution in [0.4, 0.5) is 0 Å². The number of nitrogens with one attached hydrogen (secondary N) is 2. The second-order valence-corrected chi connectivity index (χ2v) is 10.8. The number of carbonyl (C=O) groups is 2. The van der Waals surface area contributed by atoms with E-state index in [1.165, 1.54) is 38.4 Å². The summed E-state index contributed by atoms with van der Waals surface area (Å²) in [7, 11) is 2.74. The maximum Gasteiger partial charge on any atom is 0.338 e. The van der Waals surface area contributed by atoms with Crippen LogP contribution < -0.4 is 35.3 Å². The molecule has 1 fully saturated rings. The van der Waals surface area contributed by atoms with Crippen molar-refractivity contribution in [3.05, 3.63) is 41.5 Å². The van der Waals surface area contributed by atoms with Gasteiger partial charge >= 0.3 is 11.9 Å². The number of benzene rings is 2. The fourth-order valence-corrected chi connectivity index (χ4v) is 4.19. The highest BCUT2D eigenvalue weighted by Gasteiger charge is 2.46. The third kappa shape index (κ3) is 10.2. The van der Waals surface area contributed by atoms with E-state index < -0.39 is 49.3 Å². The van der Waals surface area contributed by atoms with E-state index >= 15 is 0 Å². The summed E-state index contributed by atoms with van der Waals surface area (Å²) < 4.78 is 33.0. The zero-order valence-corrected chi connectivity index (χ0v) is 26.4. The molecule has 2 aromatic carbocycles. The molecule has 0 amide bonds. The molecule has 0 aliphatic carbocycles. The number of hydrogen-bond donors (Lipinski definition) is 8. The Morgan fingerprint density at radius 3 is 2.32 bits per heavy atom. The van der Waals surface area contributed by atoms with E-state index in [9.17, 15) is 35.1 Å². The van der Waals surface area contributed by atoms with Crippen molar-refractivity contribution >= 4 is 17.9 Å². The quantitative estimate of drug-likeness (QED) is 0.0385. The molecule has 47 heavy (non-hydrogen) atoms. The molecule has 0 unspecified atom stereocenters. The molecule has 0 saturated carbocycles. The first kappa shape index (κ1) is 36.9. The summed E-state index contributed by atoms with van der Waals surface area (Å²) in [5.74, 6) is -2.21. The van der Waals surface area contributed by atoms with Crippen LogP contribution in [0.15, 0.2) is 35.3 Å². The summed E-state index contributed by atoms with van der Waals surface area (Å²) in [6, 6.07) is 6.10. The second kappa shape index (κ2) is 17.4. The molecule has 260 valence electrons. The Morgan fingerprint density at radius 2 is 1.66 bits per heavy atom. The number of aromatic carboxylic acids is 1. The summed E-state index contributed by atoms with van der Waals surface area (Å²) in [6.45, 7) is 4.05. The highest BCUT2D eigenvalue weighted by molar-refractivity contribution is 5.91. The van der Waals surface area contributed by atoms with Crippen LogP contribution in [-0.2, 0) is 9.47 Å². The van der Waals surface area contributed by atoms with Crippen molar-refractivity contribution in [3.8, 4) is 28.7 Å². The van der Waals surface area contributed by atoms with Crippen LogP contribution in [0.3, 0.4) is 0 Å². The van der Waals surface area contributed by atoms with Crippen molar-refractivity contribution < 1.29 is 63.5 Å². The average Bonchev–Trinajstić information content (AvgIpc) is 3.04. The van der Waals surface area contributed by atoms with E-state index in [-0.39, 0.29) is 59.3 Å². The van der Waals surface area contributed by atoms with Crippen molar-refractivity contribution in [2.24, 2.45) is 16.6 Å². The van der Waals surface area contributed by atoms with Gasteiger partial charge < -0.3 is 65.0 Å². The monoisotopic (exact) mass is 666 g/mol. The SMILES string of the molecule is CN=C(N)NCOc1cc(C(=O)O)ccc1O[C@@H]1O[C@H](COC(=O)c2cc(OC)c(O)c(OCNCCC(C)C)c2)[C@@H](O)[C@H](O)[C@H]1O. The molecule has 3 rings (SSSR count). The number of aliphatic hydroxyl groups excluding tert-OH is 3. The smallest absolute Gasteiger partial charge is 0.338 e. The molecule has 1 saturated heterocycles. The summed E-state index contributed by atoms with van der Waals surface area (Å²) >= 11 is 0. The molecule has 17 nitrogen and oxygen atoms in total. The molecular formula is C30H42N4O13. The number of methoxy groups -OCH3 is 1. The minimum Gasteiger partial charge on any atom is -0.502 e. The largest absolute Gasteiger partial charge is 0.502 e. The predicted octanol–water partition coefficient (Wildman–Crippen LogP) is -0.0152. The summed E-state index contributed by atoms with van der Waals surface area (Å²) in [5, 5.41) is 57.3. The average molecular weight is 667 g/mol. The topological polar surface area (TPSA) is 253 Å². The van der Waals surface area contributed by atoms with Gasteiger partial charge in [-0.15, -0.1) is 0 Å². The number of phenolic OH excluding ortho intramolecular Hbond substituents is 1. The van der Waals surface area contributed by atoms with Crippen molar-refractivity contribution in [1.82, 2.24) is 10.6 Å². The van der Waals surface area contributed by atoms with Gasteiger partial charge in [0.05, 0.1) is 18.2 Å². The number of phenols is 1. The van der Waals surface area contributed by atoms with Gasteiger partial charge in [0.1, 0.15) is 37.8 Å². The van der Waals surface area contributed by atoms with Crippen LogP contribution in [0.5, 0.6) is 28.7 Å². The number of aromatic hydroxyl groups is 1. The van der Waals surface area contributed by atoms with Gasteiger partial charge in [-0.25, -0.2) is 9.59 Å². The van der Waals surface area contributed by atoms with Gasteiger partial charge in [0, 0.05) is 7.05 Å². The van der Waals surface area contributed by atoms with Crippen molar-refractivity contribution in [3.63, 3.8) is 0 Å². The van der Waals surface area contributed by atoms with Gasteiger partial charge in [-0.2, -0.15) is 0 Å². The number of aliphatic imine (C=N–C) groups is 1.